The zero-order valence-electron chi connectivity index (χ0n) is 8.83. The lowest BCUT2D eigenvalue weighted by molar-refractivity contribution is -0.141. The van der Waals surface area contributed by atoms with Crippen molar-refractivity contribution in [3.05, 3.63) is 33.8 Å². The van der Waals surface area contributed by atoms with Crippen LogP contribution in [0.1, 0.15) is 34.7 Å². The lowest BCUT2D eigenvalue weighted by atomic mass is 9.98. The Morgan fingerprint density at radius 3 is 3.00 bits per heavy atom. The second-order valence-corrected chi connectivity index (χ2v) is 4.75. The lowest BCUT2D eigenvalue weighted by Gasteiger charge is -2.08. The molecule has 1 aliphatic carbocycles. The van der Waals surface area contributed by atoms with E-state index in [4.69, 9.17) is 0 Å². The molecular weight excluding hydrogens is 272 g/mol. The van der Waals surface area contributed by atoms with E-state index in [9.17, 15) is 9.59 Å². The largest absolute Gasteiger partial charge is 0.469 e. The maximum absolute atomic E-state index is 11.7. The predicted octanol–water partition coefficient (Wildman–Crippen LogP) is 2.68. The first-order chi connectivity index (χ1) is 7.61. The number of hydrogen-bond acceptors (Lipinski definition) is 3. The minimum atomic E-state index is -0.270. The number of carbonyl (C=O) groups excluding carboxylic acids is 2. The summed E-state index contributed by atoms with van der Waals surface area (Å²) >= 11 is 3.33. The molecule has 4 heteroatoms. The highest BCUT2D eigenvalue weighted by Gasteiger charge is 2.30. The number of fused-ring (bicyclic) bond motifs is 1. The maximum atomic E-state index is 11.7. The molecule has 84 valence electrons. The van der Waals surface area contributed by atoms with Crippen molar-refractivity contribution >= 4 is 27.7 Å². The van der Waals surface area contributed by atoms with Crippen molar-refractivity contribution in [2.75, 3.05) is 7.11 Å². The molecule has 16 heavy (non-hydrogen) atoms. The smallest absolute Gasteiger partial charge is 0.306 e. The van der Waals surface area contributed by atoms with Gasteiger partial charge in [0.25, 0.3) is 0 Å². The number of carbonyl (C=O) groups is 2. The molecule has 0 saturated carbocycles. The Labute approximate surface area is 102 Å². The molecule has 0 N–H and O–H groups in total. The van der Waals surface area contributed by atoms with Crippen LogP contribution in [0.3, 0.4) is 0 Å². The molecule has 1 atom stereocenters. The number of ketones is 1. The average molecular weight is 283 g/mol. The van der Waals surface area contributed by atoms with Crippen LogP contribution >= 0.6 is 15.9 Å². The number of esters is 1. The zero-order valence-corrected chi connectivity index (χ0v) is 10.4. The summed E-state index contributed by atoms with van der Waals surface area (Å²) in [5.74, 6) is -0.193. The predicted molar refractivity (Wildman–Crippen MR) is 62.5 cm³/mol. The van der Waals surface area contributed by atoms with Gasteiger partial charge in [0.05, 0.1) is 13.5 Å². The molecule has 1 aromatic carbocycles. The van der Waals surface area contributed by atoms with Crippen LogP contribution in [0, 0.1) is 0 Å². The standard InChI is InChI=1S/C12H11BrO3/c1-16-12(15)5-7-4-11(14)10-6-8(13)2-3-9(7)10/h2-3,6-7H,4-5H2,1H3. The molecule has 1 aliphatic rings. The second kappa shape index (κ2) is 4.37. The van der Waals surface area contributed by atoms with Crippen LogP contribution in [0.5, 0.6) is 0 Å². The van der Waals surface area contributed by atoms with Gasteiger partial charge < -0.3 is 4.74 Å². The van der Waals surface area contributed by atoms with Crippen LogP contribution in [-0.4, -0.2) is 18.9 Å². The van der Waals surface area contributed by atoms with Gasteiger partial charge in [0.1, 0.15) is 0 Å². The summed E-state index contributed by atoms with van der Waals surface area (Å²) < 4.78 is 5.51. The van der Waals surface area contributed by atoms with Crippen LogP contribution in [0.25, 0.3) is 0 Å². The van der Waals surface area contributed by atoms with Gasteiger partial charge in [-0.3, -0.25) is 9.59 Å². The molecule has 0 radical (unpaired) electrons. The van der Waals surface area contributed by atoms with Crippen LogP contribution < -0.4 is 0 Å². The molecule has 2 rings (SSSR count). The average Bonchev–Trinajstić information content (AvgIpc) is 2.55. The first-order valence-corrected chi connectivity index (χ1v) is 5.80. The monoisotopic (exact) mass is 282 g/mol. The Morgan fingerprint density at radius 2 is 2.31 bits per heavy atom. The van der Waals surface area contributed by atoms with Gasteiger partial charge in [0.15, 0.2) is 5.78 Å². The number of hydrogen-bond donors (Lipinski definition) is 0. The van der Waals surface area contributed by atoms with Gasteiger partial charge in [0.2, 0.25) is 0 Å². The quantitative estimate of drug-likeness (QED) is 0.784. The van der Waals surface area contributed by atoms with E-state index in [-0.39, 0.29) is 24.1 Å². The topological polar surface area (TPSA) is 43.4 Å². The summed E-state index contributed by atoms with van der Waals surface area (Å²) in [6.07, 6.45) is 0.678. The minimum Gasteiger partial charge on any atom is -0.469 e. The van der Waals surface area contributed by atoms with Gasteiger partial charge in [-0.15, -0.1) is 0 Å². The highest BCUT2D eigenvalue weighted by molar-refractivity contribution is 9.10. The molecule has 0 amide bonds. The van der Waals surface area contributed by atoms with Crippen molar-refractivity contribution in [3.63, 3.8) is 0 Å². The molecule has 0 bridgehead atoms. The number of benzene rings is 1. The first-order valence-electron chi connectivity index (χ1n) is 5.01. The third-order valence-corrected chi connectivity index (χ3v) is 3.32. The van der Waals surface area contributed by atoms with E-state index in [1.165, 1.54) is 7.11 Å². The highest BCUT2D eigenvalue weighted by atomic mass is 79.9. The van der Waals surface area contributed by atoms with E-state index in [2.05, 4.69) is 20.7 Å². The highest BCUT2D eigenvalue weighted by Crippen LogP contribution is 2.36. The van der Waals surface area contributed by atoms with E-state index < -0.39 is 0 Å². The number of methoxy groups -OCH3 is 1. The third-order valence-electron chi connectivity index (χ3n) is 2.83. The fourth-order valence-electron chi connectivity index (χ4n) is 2.04. The second-order valence-electron chi connectivity index (χ2n) is 3.84. The summed E-state index contributed by atoms with van der Waals surface area (Å²) in [7, 11) is 1.36. The van der Waals surface area contributed by atoms with Crippen molar-refractivity contribution in [3.8, 4) is 0 Å². The van der Waals surface area contributed by atoms with Gasteiger partial charge in [-0.2, -0.15) is 0 Å². The third kappa shape index (κ3) is 2.02. The summed E-state index contributed by atoms with van der Waals surface area (Å²) in [6.45, 7) is 0. The van der Waals surface area contributed by atoms with Crippen molar-refractivity contribution in [2.24, 2.45) is 0 Å². The van der Waals surface area contributed by atoms with Crippen LogP contribution in [0.4, 0.5) is 0 Å². The van der Waals surface area contributed by atoms with Crippen LogP contribution in [-0.2, 0) is 9.53 Å². The number of Topliss-reactive ketones (excluding diaryl/α,β-unsaturated/α-hetero) is 1. The first kappa shape index (κ1) is 11.3. The lowest BCUT2D eigenvalue weighted by Crippen LogP contribution is -2.06. The Kier molecular flexibility index (Phi) is 3.10. The van der Waals surface area contributed by atoms with Gasteiger partial charge in [-0.1, -0.05) is 22.0 Å². The molecule has 0 fully saturated rings. The molecule has 0 heterocycles. The summed E-state index contributed by atoms with van der Waals surface area (Å²) in [4.78, 5) is 22.9. The van der Waals surface area contributed by atoms with Crippen molar-refractivity contribution in [2.45, 2.75) is 18.8 Å². The van der Waals surface area contributed by atoms with Crippen molar-refractivity contribution in [1.29, 1.82) is 0 Å². The normalized spacial score (nSPS) is 18.4. The van der Waals surface area contributed by atoms with E-state index in [1.54, 1.807) is 0 Å². The van der Waals surface area contributed by atoms with Crippen LogP contribution in [0.2, 0.25) is 0 Å². The number of halogens is 1. The zero-order chi connectivity index (χ0) is 11.7. The van der Waals surface area contributed by atoms with Gasteiger partial charge >= 0.3 is 5.97 Å². The maximum Gasteiger partial charge on any atom is 0.306 e. The van der Waals surface area contributed by atoms with E-state index >= 15 is 0 Å². The van der Waals surface area contributed by atoms with E-state index in [0.717, 1.165) is 15.6 Å². The molecule has 0 aliphatic heterocycles. The molecule has 0 saturated heterocycles. The Bertz CT molecular complexity index is 454. The number of ether oxygens (including phenoxy) is 1. The van der Waals surface area contributed by atoms with Crippen molar-refractivity contribution in [1.82, 2.24) is 0 Å². The number of rotatable bonds is 2. The Balaban J connectivity index is 2.29. The Hall–Kier alpha value is -1.16. The molecular formula is C12H11BrO3. The summed E-state index contributed by atoms with van der Waals surface area (Å²) in [5, 5.41) is 0. The van der Waals surface area contributed by atoms with Gasteiger partial charge in [-0.05, 0) is 17.7 Å². The summed E-state index contributed by atoms with van der Waals surface area (Å²) in [5.41, 5.74) is 1.68. The van der Waals surface area contributed by atoms with Gasteiger partial charge in [0, 0.05) is 22.4 Å². The molecule has 0 spiro atoms. The molecule has 1 unspecified atom stereocenters. The molecule has 3 nitrogen and oxygen atoms in total. The van der Waals surface area contributed by atoms with Gasteiger partial charge in [-0.25, -0.2) is 0 Å². The fraction of sp³-hybridized carbons (Fsp3) is 0.333. The Morgan fingerprint density at radius 1 is 1.56 bits per heavy atom. The SMILES string of the molecule is COC(=O)CC1CC(=O)c2cc(Br)ccc21. The fourth-order valence-corrected chi connectivity index (χ4v) is 2.40. The summed E-state index contributed by atoms with van der Waals surface area (Å²) in [6, 6.07) is 5.61. The van der Waals surface area contributed by atoms with Crippen molar-refractivity contribution < 1.29 is 14.3 Å². The van der Waals surface area contributed by atoms with E-state index in [1.807, 2.05) is 18.2 Å². The molecule has 0 aromatic heterocycles. The van der Waals surface area contributed by atoms with Crippen LogP contribution in [0.15, 0.2) is 22.7 Å². The minimum absolute atomic E-state index is 0.0250. The molecule has 1 aromatic rings. The van der Waals surface area contributed by atoms with E-state index in [0.29, 0.717) is 6.42 Å².